The standard InChI is InChI=1S/C11H15ClN2O4S/c1-2-3-8-18-13-11(15)14-19(16,17)10-6-4-9(12)5-7-10/h4-7H,2-3,8H2,1H3,(H2,13,14,15). The van der Waals surface area contributed by atoms with Crippen LogP contribution >= 0.6 is 11.6 Å². The highest BCUT2D eigenvalue weighted by Crippen LogP contribution is 2.13. The fourth-order valence-corrected chi connectivity index (χ4v) is 2.17. The van der Waals surface area contributed by atoms with Crippen molar-refractivity contribution in [2.75, 3.05) is 6.61 Å². The maximum atomic E-state index is 11.8. The first-order valence-electron chi connectivity index (χ1n) is 5.66. The fraction of sp³-hybridized carbons (Fsp3) is 0.364. The Morgan fingerprint density at radius 2 is 1.95 bits per heavy atom. The number of urea groups is 1. The molecule has 0 aliphatic carbocycles. The molecule has 1 aromatic carbocycles. The summed E-state index contributed by atoms with van der Waals surface area (Å²) in [7, 11) is -3.92. The molecule has 0 saturated carbocycles. The molecule has 0 heterocycles. The Hall–Kier alpha value is -1.31. The summed E-state index contributed by atoms with van der Waals surface area (Å²) in [6, 6.07) is 4.51. The number of hydrogen-bond acceptors (Lipinski definition) is 4. The van der Waals surface area contributed by atoms with Gasteiger partial charge in [0.2, 0.25) is 0 Å². The van der Waals surface area contributed by atoms with E-state index >= 15 is 0 Å². The Balaban J connectivity index is 2.55. The summed E-state index contributed by atoms with van der Waals surface area (Å²) < 4.78 is 25.4. The van der Waals surface area contributed by atoms with Crippen LogP contribution in [0, 0.1) is 0 Å². The van der Waals surface area contributed by atoms with Gasteiger partial charge < -0.3 is 0 Å². The van der Waals surface area contributed by atoms with Gasteiger partial charge in [-0.1, -0.05) is 24.9 Å². The summed E-state index contributed by atoms with van der Waals surface area (Å²) in [4.78, 5) is 16.0. The van der Waals surface area contributed by atoms with Crippen molar-refractivity contribution in [1.82, 2.24) is 10.2 Å². The van der Waals surface area contributed by atoms with Crippen LogP contribution in [0.25, 0.3) is 0 Å². The van der Waals surface area contributed by atoms with Gasteiger partial charge in [0.15, 0.2) is 0 Å². The van der Waals surface area contributed by atoms with Crippen LogP contribution in [-0.2, 0) is 14.9 Å². The van der Waals surface area contributed by atoms with Gasteiger partial charge in [0.05, 0.1) is 11.5 Å². The van der Waals surface area contributed by atoms with E-state index in [1.165, 1.54) is 24.3 Å². The maximum absolute atomic E-state index is 11.8. The number of rotatable bonds is 6. The second-order valence-electron chi connectivity index (χ2n) is 3.69. The van der Waals surface area contributed by atoms with Crippen LogP contribution in [0.1, 0.15) is 19.8 Å². The Bertz CT molecular complexity index is 516. The Morgan fingerprint density at radius 1 is 1.32 bits per heavy atom. The number of unbranched alkanes of at least 4 members (excludes halogenated alkanes) is 1. The van der Waals surface area contributed by atoms with Gasteiger partial charge in [-0.25, -0.2) is 23.4 Å². The van der Waals surface area contributed by atoms with Crippen molar-refractivity contribution < 1.29 is 18.0 Å². The lowest BCUT2D eigenvalue weighted by Gasteiger charge is -2.08. The summed E-state index contributed by atoms with van der Waals surface area (Å²) in [6.45, 7) is 2.29. The minimum absolute atomic E-state index is 0.0550. The number of sulfonamides is 1. The SMILES string of the molecule is CCCCONC(=O)NS(=O)(=O)c1ccc(Cl)cc1. The molecule has 0 aliphatic heterocycles. The molecule has 8 heteroatoms. The number of carbonyl (C=O) groups is 1. The normalized spacial score (nSPS) is 11.1. The van der Waals surface area contributed by atoms with Gasteiger partial charge in [0, 0.05) is 5.02 Å². The predicted octanol–water partition coefficient (Wildman–Crippen LogP) is 2.06. The maximum Gasteiger partial charge on any atom is 0.352 e. The van der Waals surface area contributed by atoms with E-state index in [2.05, 4.69) is 0 Å². The summed E-state index contributed by atoms with van der Waals surface area (Å²) in [5, 5.41) is 0.409. The largest absolute Gasteiger partial charge is 0.352 e. The minimum Gasteiger partial charge on any atom is -0.272 e. The molecule has 0 aliphatic rings. The van der Waals surface area contributed by atoms with Crippen LogP contribution in [0.2, 0.25) is 5.02 Å². The third-order valence-corrected chi connectivity index (χ3v) is 3.71. The molecule has 2 N–H and O–H groups in total. The summed E-state index contributed by atoms with van der Waals surface area (Å²) in [5.41, 5.74) is 2.00. The number of amides is 2. The van der Waals surface area contributed by atoms with Crippen molar-refractivity contribution in [3.63, 3.8) is 0 Å². The van der Waals surface area contributed by atoms with Crippen LogP contribution in [0.3, 0.4) is 0 Å². The molecule has 0 bridgehead atoms. The van der Waals surface area contributed by atoms with Crippen LogP contribution in [0.15, 0.2) is 29.2 Å². The lowest BCUT2D eigenvalue weighted by molar-refractivity contribution is 0.0612. The predicted molar refractivity (Wildman–Crippen MR) is 71.2 cm³/mol. The molecule has 0 spiro atoms. The van der Waals surface area contributed by atoms with Crippen molar-refractivity contribution in [1.29, 1.82) is 0 Å². The molecule has 0 saturated heterocycles. The van der Waals surface area contributed by atoms with E-state index in [9.17, 15) is 13.2 Å². The molecule has 6 nitrogen and oxygen atoms in total. The minimum atomic E-state index is -3.92. The number of benzene rings is 1. The first-order valence-corrected chi connectivity index (χ1v) is 7.52. The highest BCUT2D eigenvalue weighted by atomic mass is 35.5. The van der Waals surface area contributed by atoms with Crippen molar-refractivity contribution >= 4 is 27.7 Å². The van der Waals surface area contributed by atoms with E-state index in [-0.39, 0.29) is 4.90 Å². The molecular weight excluding hydrogens is 292 g/mol. The molecule has 0 radical (unpaired) electrons. The quantitative estimate of drug-likeness (QED) is 0.622. The monoisotopic (exact) mass is 306 g/mol. The van der Waals surface area contributed by atoms with Gasteiger partial charge in [-0.15, -0.1) is 0 Å². The lowest BCUT2D eigenvalue weighted by Crippen LogP contribution is -2.39. The summed E-state index contributed by atoms with van der Waals surface area (Å²) in [5.74, 6) is 0. The zero-order chi connectivity index (χ0) is 14.3. The highest BCUT2D eigenvalue weighted by molar-refractivity contribution is 7.90. The summed E-state index contributed by atoms with van der Waals surface area (Å²) in [6.07, 6.45) is 1.68. The number of hydroxylamine groups is 1. The molecule has 106 valence electrons. The number of hydrogen-bond donors (Lipinski definition) is 2. The van der Waals surface area contributed by atoms with Crippen molar-refractivity contribution in [3.05, 3.63) is 29.3 Å². The van der Waals surface area contributed by atoms with Crippen molar-refractivity contribution in [2.45, 2.75) is 24.7 Å². The molecule has 0 atom stereocenters. The molecule has 19 heavy (non-hydrogen) atoms. The van der Waals surface area contributed by atoms with E-state index in [1.807, 2.05) is 17.1 Å². The Morgan fingerprint density at radius 3 is 2.53 bits per heavy atom. The fourth-order valence-electron chi connectivity index (χ4n) is 1.15. The molecule has 0 fully saturated rings. The van der Waals surface area contributed by atoms with Crippen LogP contribution in [0.5, 0.6) is 0 Å². The Kier molecular flexibility index (Phi) is 6.07. The van der Waals surface area contributed by atoms with E-state index in [4.69, 9.17) is 16.4 Å². The van der Waals surface area contributed by atoms with Crippen molar-refractivity contribution in [2.24, 2.45) is 0 Å². The summed E-state index contributed by atoms with van der Waals surface area (Å²) >= 11 is 5.65. The average molecular weight is 307 g/mol. The third kappa shape index (κ3) is 5.46. The molecular formula is C11H15ClN2O4S. The van der Waals surface area contributed by atoms with Gasteiger partial charge in [0.1, 0.15) is 0 Å². The van der Waals surface area contributed by atoms with E-state index in [0.717, 1.165) is 12.8 Å². The first-order chi connectivity index (χ1) is 8.95. The second kappa shape index (κ2) is 7.32. The average Bonchev–Trinajstić information content (AvgIpc) is 2.34. The van der Waals surface area contributed by atoms with Crippen molar-refractivity contribution in [3.8, 4) is 0 Å². The number of nitrogens with one attached hydrogen (secondary N) is 2. The van der Waals surface area contributed by atoms with Crippen LogP contribution in [0.4, 0.5) is 4.79 Å². The molecule has 1 aromatic rings. The van der Waals surface area contributed by atoms with Gasteiger partial charge in [-0.2, -0.15) is 0 Å². The number of halogens is 1. The molecule has 0 unspecified atom stereocenters. The first kappa shape index (κ1) is 15.7. The van der Waals surface area contributed by atoms with Gasteiger partial charge >= 0.3 is 6.03 Å². The Labute approximate surface area is 117 Å². The zero-order valence-electron chi connectivity index (χ0n) is 10.3. The molecule has 2 amide bonds. The second-order valence-corrected chi connectivity index (χ2v) is 5.81. The zero-order valence-corrected chi connectivity index (χ0v) is 11.9. The smallest absolute Gasteiger partial charge is 0.272 e. The van der Waals surface area contributed by atoms with Gasteiger partial charge in [-0.05, 0) is 30.7 Å². The van der Waals surface area contributed by atoms with Gasteiger partial charge in [-0.3, -0.25) is 4.84 Å². The van der Waals surface area contributed by atoms with E-state index < -0.39 is 16.1 Å². The van der Waals surface area contributed by atoms with E-state index in [0.29, 0.717) is 11.6 Å². The van der Waals surface area contributed by atoms with Crippen LogP contribution in [-0.4, -0.2) is 21.1 Å². The third-order valence-electron chi connectivity index (χ3n) is 2.12. The van der Waals surface area contributed by atoms with Gasteiger partial charge in [0.25, 0.3) is 10.0 Å². The molecule has 0 aromatic heterocycles. The number of carbonyl (C=O) groups excluding carboxylic acids is 1. The highest BCUT2D eigenvalue weighted by Gasteiger charge is 2.17. The topological polar surface area (TPSA) is 84.5 Å². The van der Waals surface area contributed by atoms with Crippen LogP contribution < -0.4 is 10.2 Å². The van der Waals surface area contributed by atoms with E-state index in [1.54, 1.807) is 0 Å². The molecule has 1 rings (SSSR count). The lowest BCUT2D eigenvalue weighted by atomic mass is 10.4.